The van der Waals surface area contributed by atoms with Crippen LogP contribution in [0.1, 0.15) is 30.4 Å². The van der Waals surface area contributed by atoms with E-state index in [0.29, 0.717) is 0 Å². The Morgan fingerprint density at radius 2 is 0.880 bits per heavy atom. The zero-order chi connectivity index (χ0) is 17.8. The molecule has 0 spiro atoms. The maximum atomic E-state index is 5.54. The van der Waals surface area contributed by atoms with Crippen molar-refractivity contribution < 1.29 is 18.9 Å². The summed E-state index contributed by atoms with van der Waals surface area (Å²) in [6.45, 7) is 0. The maximum absolute atomic E-state index is 5.54. The smallest absolute Gasteiger partial charge is 0.161 e. The molecule has 4 heteroatoms. The van der Waals surface area contributed by atoms with Crippen molar-refractivity contribution in [3.63, 3.8) is 0 Å². The SMILES string of the molecule is COc1cc2c(cc1OC)-c1cc(OC)c(OC)cc1CCCCC2. The van der Waals surface area contributed by atoms with E-state index in [1.165, 1.54) is 41.5 Å². The second-order valence-corrected chi connectivity index (χ2v) is 6.29. The highest BCUT2D eigenvalue weighted by molar-refractivity contribution is 5.76. The lowest BCUT2D eigenvalue weighted by Crippen LogP contribution is -1.99. The molecular weight excluding hydrogens is 316 g/mol. The first kappa shape index (κ1) is 17.5. The Balaban J connectivity index is 2.25. The highest BCUT2D eigenvalue weighted by Gasteiger charge is 2.19. The summed E-state index contributed by atoms with van der Waals surface area (Å²) in [6.07, 6.45) is 5.62. The van der Waals surface area contributed by atoms with Crippen molar-refractivity contribution >= 4 is 0 Å². The van der Waals surface area contributed by atoms with Crippen LogP contribution in [-0.4, -0.2) is 28.4 Å². The molecule has 0 atom stereocenters. The molecule has 0 radical (unpaired) electrons. The number of benzene rings is 2. The fraction of sp³-hybridized carbons (Fsp3) is 0.429. The van der Waals surface area contributed by atoms with Gasteiger partial charge in [-0.05, 0) is 72.2 Å². The molecule has 0 bridgehead atoms. The second-order valence-electron chi connectivity index (χ2n) is 6.29. The first-order chi connectivity index (χ1) is 12.2. The highest BCUT2D eigenvalue weighted by atomic mass is 16.5. The number of hydrogen-bond donors (Lipinski definition) is 0. The molecule has 25 heavy (non-hydrogen) atoms. The van der Waals surface area contributed by atoms with Crippen LogP contribution in [-0.2, 0) is 12.8 Å². The molecule has 134 valence electrons. The van der Waals surface area contributed by atoms with Crippen molar-refractivity contribution in [2.45, 2.75) is 32.1 Å². The normalized spacial score (nSPS) is 13.6. The van der Waals surface area contributed by atoms with E-state index >= 15 is 0 Å². The monoisotopic (exact) mass is 342 g/mol. The van der Waals surface area contributed by atoms with E-state index in [2.05, 4.69) is 24.3 Å². The van der Waals surface area contributed by atoms with Crippen molar-refractivity contribution in [2.24, 2.45) is 0 Å². The Morgan fingerprint density at radius 3 is 1.24 bits per heavy atom. The van der Waals surface area contributed by atoms with E-state index in [1.54, 1.807) is 28.4 Å². The predicted molar refractivity (Wildman–Crippen MR) is 99.3 cm³/mol. The van der Waals surface area contributed by atoms with Crippen molar-refractivity contribution in [1.82, 2.24) is 0 Å². The summed E-state index contributed by atoms with van der Waals surface area (Å²) in [5.41, 5.74) is 4.95. The quantitative estimate of drug-likeness (QED) is 0.810. The van der Waals surface area contributed by atoms with Gasteiger partial charge in [0, 0.05) is 0 Å². The molecule has 0 heterocycles. The van der Waals surface area contributed by atoms with E-state index in [4.69, 9.17) is 18.9 Å². The van der Waals surface area contributed by atoms with E-state index in [1.807, 2.05) is 0 Å². The van der Waals surface area contributed by atoms with Crippen LogP contribution in [0.3, 0.4) is 0 Å². The number of fused-ring (bicyclic) bond motifs is 3. The largest absolute Gasteiger partial charge is 0.493 e. The fourth-order valence-electron chi connectivity index (χ4n) is 3.56. The Morgan fingerprint density at radius 1 is 0.520 bits per heavy atom. The van der Waals surface area contributed by atoms with Crippen molar-refractivity contribution in [2.75, 3.05) is 28.4 Å². The average Bonchev–Trinajstić information content (AvgIpc) is 2.74. The molecule has 0 unspecified atom stereocenters. The molecule has 4 nitrogen and oxygen atoms in total. The Hall–Kier alpha value is -2.36. The minimum atomic E-state index is 0.751. The molecular formula is C21H26O4. The number of aryl methyl sites for hydroxylation is 2. The summed E-state index contributed by atoms with van der Waals surface area (Å²) in [4.78, 5) is 0. The third-order valence-corrected chi connectivity index (χ3v) is 4.90. The van der Waals surface area contributed by atoms with Crippen molar-refractivity contribution in [1.29, 1.82) is 0 Å². The van der Waals surface area contributed by atoms with Crippen LogP contribution in [0, 0.1) is 0 Å². The van der Waals surface area contributed by atoms with Crippen LogP contribution in [0.4, 0.5) is 0 Å². The third-order valence-electron chi connectivity index (χ3n) is 4.90. The number of rotatable bonds is 4. The lowest BCUT2D eigenvalue weighted by Gasteiger charge is -2.18. The van der Waals surface area contributed by atoms with E-state index in [0.717, 1.165) is 35.8 Å². The summed E-state index contributed by atoms with van der Waals surface area (Å²) in [6, 6.07) is 8.40. The minimum Gasteiger partial charge on any atom is -0.493 e. The molecule has 0 saturated carbocycles. The number of methoxy groups -OCH3 is 4. The van der Waals surface area contributed by atoms with Gasteiger partial charge in [0.2, 0.25) is 0 Å². The van der Waals surface area contributed by atoms with Gasteiger partial charge in [0.1, 0.15) is 0 Å². The van der Waals surface area contributed by atoms with Gasteiger partial charge in [0.25, 0.3) is 0 Å². The Labute approximate surface area is 149 Å². The lowest BCUT2D eigenvalue weighted by atomic mass is 9.92. The van der Waals surface area contributed by atoms with Gasteiger partial charge in [-0.1, -0.05) is 6.42 Å². The van der Waals surface area contributed by atoms with Crippen LogP contribution in [0.5, 0.6) is 23.0 Å². The van der Waals surface area contributed by atoms with Crippen molar-refractivity contribution in [3.05, 3.63) is 35.4 Å². The minimum absolute atomic E-state index is 0.751. The molecule has 3 rings (SSSR count). The van der Waals surface area contributed by atoms with E-state index < -0.39 is 0 Å². The second kappa shape index (κ2) is 7.68. The molecule has 1 aliphatic rings. The van der Waals surface area contributed by atoms with E-state index in [-0.39, 0.29) is 0 Å². The molecule has 0 fully saturated rings. The Bertz CT molecular complexity index is 689. The van der Waals surface area contributed by atoms with Gasteiger partial charge in [-0.3, -0.25) is 0 Å². The maximum Gasteiger partial charge on any atom is 0.161 e. The molecule has 0 aromatic heterocycles. The molecule has 2 aromatic carbocycles. The molecule has 0 saturated heterocycles. The highest BCUT2D eigenvalue weighted by Crippen LogP contribution is 2.42. The predicted octanol–water partition coefficient (Wildman–Crippen LogP) is 4.66. The zero-order valence-electron chi connectivity index (χ0n) is 15.5. The van der Waals surface area contributed by atoms with Crippen LogP contribution in [0.15, 0.2) is 24.3 Å². The summed E-state index contributed by atoms with van der Waals surface area (Å²) >= 11 is 0. The summed E-state index contributed by atoms with van der Waals surface area (Å²) in [7, 11) is 6.71. The standard InChI is InChI=1S/C21H26O4/c1-22-18-10-14-8-6-5-7-9-15-11-19(23-2)21(25-4)13-17(15)16(14)12-20(18)24-3/h10-13H,5-9H2,1-4H3. The third kappa shape index (κ3) is 3.39. The molecule has 0 N–H and O–H groups in total. The first-order valence-corrected chi connectivity index (χ1v) is 8.72. The van der Waals surface area contributed by atoms with Gasteiger partial charge in [0.05, 0.1) is 28.4 Å². The van der Waals surface area contributed by atoms with Gasteiger partial charge >= 0.3 is 0 Å². The molecule has 0 amide bonds. The number of hydrogen-bond acceptors (Lipinski definition) is 4. The van der Waals surface area contributed by atoms with Gasteiger partial charge in [0.15, 0.2) is 23.0 Å². The van der Waals surface area contributed by atoms with Gasteiger partial charge in [-0.25, -0.2) is 0 Å². The molecule has 0 aliphatic heterocycles. The summed E-state index contributed by atoms with van der Waals surface area (Å²) < 4.78 is 22.1. The first-order valence-electron chi connectivity index (χ1n) is 8.72. The molecule has 1 aliphatic carbocycles. The fourth-order valence-corrected chi connectivity index (χ4v) is 3.56. The zero-order valence-corrected chi connectivity index (χ0v) is 15.5. The van der Waals surface area contributed by atoms with Gasteiger partial charge in [-0.2, -0.15) is 0 Å². The van der Waals surface area contributed by atoms with Crippen LogP contribution >= 0.6 is 0 Å². The Kier molecular flexibility index (Phi) is 5.37. The van der Waals surface area contributed by atoms with Crippen LogP contribution in [0.2, 0.25) is 0 Å². The topological polar surface area (TPSA) is 36.9 Å². The van der Waals surface area contributed by atoms with Crippen LogP contribution in [0.25, 0.3) is 11.1 Å². The number of ether oxygens (including phenoxy) is 4. The van der Waals surface area contributed by atoms with Crippen molar-refractivity contribution in [3.8, 4) is 34.1 Å². The summed E-state index contributed by atoms with van der Waals surface area (Å²) in [5, 5.41) is 0. The lowest BCUT2D eigenvalue weighted by molar-refractivity contribution is 0.354. The van der Waals surface area contributed by atoms with E-state index in [9.17, 15) is 0 Å². The average molecular weight is 342 g/mol. The van der Waals surface area contributed by atoms with Crippen LogP contribution < -0.4 is 18.9 Å². The van der Waals surface area contributed by atoms with Gasteiger partial charge in [-0.15, -0.1) is 0 Å². The summed E-state index contributed by atoms with van der Waals surface area (Å²) in [5.74, 6) is 3.06. The molecule has 2 aromatic rings. The van der Waals surface area contributed by atoms with Gasteiger partial charge < -0.3 is 18.9 Å².